The lowest BCUT2D eigenvalue weighted by Crippen LogP contribution is -2.32. The van der Waals surface area contributed by atoms with Gasteiger partial charge in [-0.3, -0.25) is 0 Å². The van der Waals surface area contributed by atoms with Crippen LogP contribution in [-0.4, -0.2) is 51.0 Å². The van der Waals surface area contributed by atoms with Gasteiger partial charge in [-0.15, -0.1) is 0 Å². The quantitative estimate of drug-likeness (QED) is 0.519. The number of anilines is 2. The van der Waals surface area contributed by atoms with Crippen LogP contribution in [-0.2, 0) is 12.7 Å². The summed E-state index contributed by atoms with van der Waals surface area (Å²) in [5.41, 5.74) is 2.59. The van der Waals surface area contributed by atoms with Crippen molar-refractivity contribution < 1.29 is 33.3 Å². The average molecular weight is 473 g/mol. The third-order valence-corrected chi connectivity index (χ3v) is 5.68. The maximum absolute atomic E-state index is 13.0. The highest BCUT2D eigenvalue weighted by Gasteiger charge is 2.31. The maximum Gasteiger partial charge on any atom is 0.416 e. The molecule has 3 N–H and O–H groups in total. The number of aliphatic hydroxyl groups excluding tert-OH is 2. The van der Waals surface area contributed by atoms with Crippen molar-refractivity contribution in [3.63, 3.8) is 0 Å². The van der Waals surface area contributed by atoms with Crippen LogP contribution in [0.15, 0.2) is 60.7 Å². The zero-order valence-corrected chi connectivity index (χ0v) is 17.9. The summed E-state index contributed by atoms with van der Waals surface area (Å²) in [7, 11) is 0. The van der Waals surface area contributed by atoms with Crippen LogP contribution < -0.4 is 4.90 Å². The summed E-state index contributed by atoms with van der Waals surface area (Å²) < 4.78 is 39.0. The monoisotopic (exact) mass is 473 g/mol. The van der Waals surface area contributed by atoms with Crippen LogP contribution in [0.25, 0.3) is 11.3 Å². The number of pyridine rings is 1. The summed E-state index contributed by atoms with van der Waals surface area (Å²) in [6.07, 6.45) is -6.68. The number of alkyl halides is 3. The highest BCUT2D eigenvalue weighted by Crippen LogP contribution is 2.36. The normalized spacial score (nSPS) is 15.0. The van der Waals surface area contributed by atoms with Crippen molar-refractivity contribution in [1.82, 2.24) is 9.88 Å². The molecule has 3 aromatic rings. The van der Waals surface area contributed by atoms with Crippen molar-refractivity contribution in [2.24, 2.45) is 0 Å². The fourth-order valence-corrected chi connectivity index (χ4v) is 3.91. The van der Waals surface area contributed by atoms with Gasteiger partial charge in [0.25, 0.3) is 0 Å². The molecular formula is C24H22F3N3O4. The Morgan fingerprint density at radius 1 is 1.06 bits per heavy atom. The van der Waals surface area contributed by atoms with Crippen molar-refractivity contribution >= 4 is 17.5 Å². The first-order chi connectivity index (χ1) is 16.2. The van der Waals surface area contributed by atoms with E-state index in [1.165, 1.54) is 17.0 Å². The van der Waals surface area contributed by atoms with Crippen LogP contribution in [0.1, 0.15) is 22.9 Å². The molecule has 1 atom stereocenters. The van der Waals surface area contributed by atoms with Gasteiger partial charge in [-0.2, -0.15) is 13.2 Å². The van der Waals surface area contributed by atoms with Crippen LogP contribution in [0, 0.1) is 0 Å². The van der Waals surface area contributed by atoms with Gasteiger partial charge in [0.1, 0.15) is 6.10 Å². The van der Waals surface area contributed by atoms with Gasteiger partial charge in [0.2, 0.25) is 0 Å². The van der Waals surface area contributed by atoms with E-state index in [-0.39, 0.29) is 19.6 Å². The molecule has 10 heteroatoms. The van der Waals surface area contributed by atoms with Crippen LogP contribution in [0.3, 0.4) is 0 Å². The van der Waals surface area contributed by atoms with E-state index >= 15 is 0 Å². The SMILES string of the molecule is O=C(O)N1CCN(c2ccc(C(F)(F)F)cc2)c2ccc(-c3cccc(C(O)CO)n3)cc2C1. The molecule has 0 saturated carbocycles. The van der Waals surface area contributed by atoms with Gasteiger partial charge in [0.15, 0.2) is 0 Å². The minimum absolute atomic E-state index is 0.0919. The molecule has 1 aliphatic heterocycles. The zero-order valence-electron chi connectivity index (χ0n) is 17.9. The number of carboxylic acid groups (broad SMARTS) is 1. The Bertz CT molecular complexity index is 1180. The molecule has 178 valence electrons. The highest BCUT2D eigenvalue weighted by atomic mass is 19.4. The minimum atomic E-state index is -4.45. The number of aliphatic hydroxyl groups is 2. The van der Waals surface area contributed by atoms with Crippen molar-refractivity contribution in [3.05, 3.63) is 77.5 Å². The number of rotatable bonds is 4. The van der Waals surface area contributed by atoms with Gasteiger partial charge in [0, 0.05) is 30.0 Å². The van der Waals surface area contributed by atoms with Gasteiger partial charge in [-0.05, 0) is 54.1 Å². The number of hydrogen-bond donors (Lipinski definition) is 3. The maximum atomic E-state index is 13.0. The second-order valence-corrected chi connectivity index (χ2v) is 7.89. The first kappa shape index (κ1) is 23.5. The standard InChI is InChI=1S/C24H22F3N3O4/c25-24(26,27)17-5-7-18(8-6-17)30-11-10-29(23(33)34)13-16-12-15(4-9-21(16)30)19-2-1-3-20(28-19)22(32)14-31/h1-9,12,22,31-32H,10-11,13-14H2,(H,33,34). The van der Waals surface area contributed by atoms with Gasteiger partial charge in [-0.25, -0.2) is 9.78 Å². The van der Waals surface area contributed by atoms with Gasteiger partial charge in [-0.1, -0.05) is 12.1 Å². The molecule has 0 aliphatic carbocycles. The van der Waals surface area contributed by atoms with Gasteiger partial charge < -0.3 is 25.1 Å². The number of nitrogens with zero attached hydrogens (tertiary/aromatic N) is 3. The number of halogens is 3. The Morgan fingerprint density at radius 3 is 2.44 bits per heavy atom. The number of benzene rings is 2. The van der Waals surface area contributed by atoms with E-state index in [0.29, 0.717) is 33.9 Å². The van der Waals surface area contributed by atoms with Crippen molar-refractivity contribution in [2.45, 2.75) is 18.8 Å². The van der Waals surface area contributed by atoms with Crippen molar-refractivity contribution in [3.8, 4) is 11.3 Å². The van der Waals surface area contributed by atoms with Crippen molar-refractivity contribution in [2.75, 3.05) is 24.6 Å². The lowest BCUT2D eigenvalue weighted by atomic mass is 10.0. The summed E-state index contributed by atoms with van der Waals surface area (Å²) in [5, 5.41) is 28.7. The Kier molecular flexibility index (Phi) is 6.45. The number of hydrogen-bond acceptors (Lipinski definition) is 5. The Labute approximate surface area is 193 Å². The molecule has 0 fully saturated rings. The van der Waals surface area contributed by atoms with Crippen molar-refractivity contribution in [1.29, 1.82) is 0 Å². The fraction of sp³-hybridized carbons (Fsp3) is 0.250. The first-order valence-electron chi connectivity index (χ1n) is 10.5. The molecule has 1 amide bonds. The Morgan fingerprint density at radius 2 is 1.79 bits per heavy atom. The fourth-order valence-electron chi connectivity index (χ4n) is 3.91. The van der Waals surface area contributed by atoms with Crippen LogP contribution in [0.4, 0.5) is 29.3 Å². The second kappa shape index (κ2) is 9.32. The highest BCUT2D eigenvalue weighted by molar-refractivity contribution is 5.74. The molecule has 0 saturated heterocycles. The van der Waals surface area contributed by atoms with Crippen LogP contribution in [0.2, 0.25) is 0 Å². The van der Waals surface area contributed by atoms with Crippen LogP contribution in [0.5, 0.6) is 0 Å². The lowest BCUT2D eigenvalue weighted by Gasteiger charge is -2.25. The van der Waals surface area contributed by atoms with E-state index < -0.39 is 30.5 Å². The number of amides is 1. The van der Waals surface area contributed by atoms with E-state index in [0.717, 1.165) is 12.1 Å². The van der Waals surface area contributed by atoms with Gasteiger partial charge in [0.05, 0.1) is 30.1 Å². The molecule has 4 rings (SSSR count). The smallest absolute Gasteiger partial charge is 0.416 e. The minimum Gasteiger partial charge on any atom is -0.465 e. The molecular weight excluding hydrogens is 451 g/mol. The molecule has 34 heavy (non-hydrogen) atoms. The van der Waals surface area contributed by atoms with Gasteiger partial charge >= 0.3 is 12.3 Å². The topological polar surface area (TPSA) is 97.1 Å². The van der Waals surface area contributed by atoms with E-state index in [1.807, 2.05) is 0 Å². The van der Waals surface area contributed by atoms with E-state index in [2.05, 4.69) is 4.98 Å². The molecule has 2 aromatic carbocycles. The molecule has 1 aromatic heterocycles. The molecule has 0 radical (unpaired) electrons. The number of fused-ring (bicyclic) bond motifs is 1. The molecule has 0 spiro atoms. The third kappa shape index (κ3) is 4.82. The van der Waals surface area contributed by atoms with Crippen LogP contribution >= 0.6 is 0 Å². The first-order valence-corrected chi connectivity index (χ1v) is 10.5. The molecule has 0 bridgehead atoms. The number of carbonyl (C=O) groups is 1. The lowest BCUT2D eigenvalue weighted by molar-refractivity contribution is -0.137. The van der Waals surface area contributed by atoms with E-state index in [9.17, 15) is 33.3 Å². The molecule has 1 aliphatic rings. The summed E-state index contributed by atoms with van der Waals surface area (Å²) in [6, 6.07) is 15.1. The summed E-state index contributed by atoms with van der Waals surface area (Å²) in [4.78, 5) is 19.2. The Balaban J connectivity index is 1.75. The Hall–Kier alpha value is -3.63. The summed E-state index contributed by atoms with van der Waals surface area (Å²) in [6.45, 7) is 0.0438. The third-order valence-electron chi connectivity index (χ3n) is 5.68. The number of aromatic nitrogens is 1. The predicted molar refractivity (Wildman–Crippen MR) is 119 cm³/mol. The summed E-state index contributed by atoms with van der Waals surface area (Å²) >= 11 is 0. The summed E-state index contributed by atoms with van der Waals surface area (Å²) in [5.74, 6) is 0. The largest absolute Gasteiger partial charge is 0.465 e. The van der Waals surface area contributed by atoms with E-state index in [4.69, 9.17) is 0 Å². The predicted octanol–water partition coefficient (Wildman–Crippen LogP) is 4.42. The zero-order chi connectivity index (χ0) is 24.5. The molecule has 1 unspecified atom stereocenters. The molecule has 2 heterocycles. The average Bonchev–Trinajstić information content (AvgIpc) is 3.02. The molecule has 7 nitrogen and oxygen atoms in total. The van der Waals surface area contributed by atoms with E-state index in [1.54, 1.807) is 41.3 Å². The second-order valence-electron chi connectivity index (χ2n) is 7.89.